The van der Waals surface area contributed by atoms with Crippen molar-refractivity contribution in [2.75, 3.05) is 13.7 Å². The minimum Gasteiger partial charge on any atom is -0.496 e. The number of nitrogens with zero attached hydrogens (tertiary/aromatic N) is 1. The average molecular weight is 548 g/mol. The van der Waals surface area contributed by atoms with Crippen molar-refractivity contribution in [1.29, 1.82) is 5.41 Å². The van der Waals surface area contributed by atoms with E-state index in [-0.39, 0.29) is 17.9 Å². The summed E-state index contributed by atoms with van der Waals surface area (Å²) >= 11 is 0. The van der Waals surface area contributed by atoms with Crippen LogP contribution in [0.5, 0.6) is 5.75 Å². The Balaban J connectivity index is 1.27. The van der Waals surface area contributed by atoms with Gasteiger partial charge in [0.25, 0.3) is 5.91 Å². The van der Waals surface area contributed by atoms with Gasteiger partial charge in [-0.15, -0.1) is 0 Å². The maximum absolute atomic E-state index is 13.7. The number of carbonyl (C=O) groups excluding carboxylic acids is 2. The summed E-state index contributed by atoms with van der Waals surface area (Å²) in [4.78, 5) is 27.6. The predicted octanol–water partition coefficient (Wildman–Crippen LogP) is 5.50. The molecule has 8 heteroatoms. The quantitative estimate of drug-likeness (QED) is 0.266. The molecule has 0 bridgehead atoms. The number of amides is 3. The number of para-hydroxylation sites is 1. The van der Waals surface area contributed by atoms with Crippen LogP contribution in [0.4, 0.5) is 4.79 Å². The van der Waals surface area contributed by atoms with E-state index in [0.29, 0.717) is 32.0 Å². The van der Waals surface area contributed by atoms with Gasteiger partial charge in [0.05, 0.1) is 13.7 Å². The molecule has 4 rings (SSSR count). The van der Waals surface area contributed by atoms with Gasteiger partial charge in [-0.3, -0.25) is 15.1 Å². The Kier molecular flexibility index (Phi) is 10.4. The predicted molar refractivity (Wildman–Crippen MR) is 158 cm³/mol. The summed E-state index contributed by atoms with van der Waals surface area (Å²) in [6.07, 6.45) is 10.5. The standard InChI is InChI=1S/C32H45N5O3/c1-3-4-19-32(21-24-10-6-5-7-11-24)29(38)37(30(33)36-32)23-26-16-14-25(15-17-26)22-35-31(39)34-20-18-27-12-8-9-13-28(27)40-2/h8-9,12-17,24H,3-7,10-11,18-23H2,1-2H3,(H2,33,36)(H2,34,35,39). The first-order valence-corrected chi connectivity index (χ1v) is 14.8. The van der Waals surface area contributed by atoms with Crippen LogP contribution in [0.1, 0.15) is 81.4 Å². The summed E-state index contributed by atoms with van der Waals surface area (Å²) in [6.45, 7) is 3.44. The normalized spacial score (nSPS) is 19.4. The molecule has 2 fully saturated rings. The highest BCUT2D eigenvalue weighted by atomic mass is 16.5. The van der Waals surface area contributed by atoms with Crippen LogP contribution < -0.4 is 20.7 Å². The minimum absolute atomic E-state index is 0.0482. The zero-order chi connectivity index (χ0) is 28.4. The molecule has 4 N–H and O–H groups in total. The molecule has 0 radical (unpaired) electrons. The molecule has 1 saturated carbocycles. The van der Waals surface area contributed by atoms with E-state index >= 15 is 0 Å². The van der Waals surface area contributed by atoms with E-state index < -0.39 is 5.54 Å². The van der Waals surface area contributed by atoms with Gasteiger partial charge < -0.3 is 20.7 Å². The minimum atomic E-state index is -0.641. The first kappa shape index (κ1) is 29.4. The second-order valence-electron chi connectivity index (χ2n) is 11.2. The third-order valence-electron chi connectivity index (χ3n) is 8.29. The van der Waals surface area contributed by atoms with Crippen LogP contribution >= 0.6 is 0 Å². The molecule has 2 aromatic carbocycles. The van der Waals surface area contributed by atoms with E-state index in [4.69, 9.17) is 10.1 Å². The molecular formula is C32H45N5O3. The molecule has 3 amide bonds. The number of guanidine groups is 1. The lowest BCUT2D eigenvalue weighted by molar-refractivity contribution is -0.132. The highest BCUT2D eigenvalue weighted by molar-refractivity contribution is 6.07. The molecule has 1 unspecified atom stereocenters. The van der Waals surface area contributed by atoms with Crippen molar-refractivity contribution >= 4 is 17.9 Å². The van der Waals surface area contributed by atoms with Crippen molar-refractivity contribution in [1.82, 2.24) is 20.9 Å². The smallest absolute Gasteiger partial charge is 0.315 e. The van der Waals surface area contributed by atoms with E-state index in [2.05, 4.69) is 22.9 Å². The van der Waals surface area contributed by atoms with Crippen molar-refractivity contribution in [2.24, 2.45) is 5.92 Å². The highest BCUT2D eigenvalue weighted by Gasteiger charge is 2.49. The molecule has 1 aliphatic heterocycles. The second-order valence-corrected chi connectivity index (χ2v) is 11.2. The third kappa shape index (κ3) is 7.55. The Morgan fingerprint density at radius 3 is 2.52 bits per heavy atom. The van der Waals surface area contributed by atoms with E-state index in [1.54, 1.807) is 12.0 Å². The number of urea groups is 1. The number of benzene rings is 2. The molecule has 8 nitrogen and oxygen atoms in total. The zero-order valence-electron chi connectivity index (χ0n) is 24.1. The molecule has 0 aromatic heterocycles. The molecule has 1 aliphatic carbocycles. The van der Waals surface area contributed by atoms with Crippen molar-refractivity contribution in [2.45, 2.75) is 89.8 Å². The van der Waals surface area contributed by atoms with E-state index in [0.717, 1.165) is 48.1 Å². The van der Waals surface area contributed by atoms with Gasteiger partial charge in [-0.2, -0.15) is 0 Å². The lowest BCUT2D eigenvalue weighted by Crippen LogP contribution is -2.48. The number of nitrogens with one attached hydrogen (secondary N) is 4. The van der Waals surface area contributed by atoms with E-state index in [1.165, 1.54) is 32.1 Å². The lowest BCUT2D eigenvalue weighted by Gasteiger charge is -2.33. The van der Waals surface area contributed by atoms with Crippen LogP contribution in [0.2, 0.25) is 0 Å². The number of ether oxygens (including phenoxy) is 1. The zero-order valence-corrected chi connectivity index (χ0v) is 24.1. The van der Waals surface area contributed by atoms with Gasteiger partial charge >= 0.3 is 6.03 Å². The maximum atomic E-state index is 13.7. The molecule has 1 saturated heterocycles. The van der Waals surface area contributed by atoms with Crippen molar-refractivity contribution < 1.29 is 14.3 Å². The third-order valence-corrected chi connectivity index (χ3v) is 8.29. The average Bonchev–Trinajstić information content (AvgIpc) is 3.20. The molecule has 216 valence electrons. The van der Waals surface area contributed by atoms with Gasteiger partial charge in [0.1, 0.15) is 11.3 Å². The SMILES string of the molecule is CCCCC1(CC2CCCCC2)NC(=N)N(Cc2ccc(CNC(=O)NCCc3ccccc3OC)cc2)C1=O. The van der Waals surface area contributed by atoms with Gasteiger partial charge in [0.2, 0.25) is 0 Å². The van der Waals surface area contributed by atoms with Crippen molar-refractivity contribution in [3.63, 3.8) is 0 Å². The summed E-state index contributed by atoms with van der Waals surface area (Å²) in [5.74, 6) is 1.64. The number of carbonyl (C=O) groups is 2. The summed E-state index contributed by atoms with van der Waals surface area (Å²) in [7, 11) is 1.65. The first-order valence-electron chi connectivity index (χ1n) is 14.8. The largest absolute Gasteiger partial charge is 0.496 e. The van der Waals surface area contributed by atoms with Gasteiger partial charge in [-0.1, -0.05) is 94.3 Å². The van der Waals surface area contributed by atoms with E-state index in [9.17, 15) is 9.59 Å². The number of hydrogen-bond acceptors (Lipinski definition) is 4. The number of methoxy groups -OCH3 is 1. The first-order chi connectivity index (χ1) is 19.4. The van der Waals surface area contributed by atoms with Crippen molar-refractivity contribution in [3.05, 3.63) is 65.2 Å². The number of hydrogen-bond donors (Lipinski definition) is 4. The maximum Gasteiger partial charge on any atom is 0.315 e. The molecule has 0 spiro atoms. The highest BCUT2D eigenvalue weighted by Crippen LogP contribution is 2.36. The Morgan fingerprint density at radius 1 is 1.07 bits per heavy atom. The Morgan fingerprint density at radius 2 is 1.80 bits per heavy atom. The monoisotopic (exact) mass is 547 g/mol. The fourth-order valence-corrected chi connectivity index (χ4v) is 6.04. The summed E-state index contributed by atoms with van der Waals surface area (Å²) in [6, 6.07) is 15.5. The summed E-state index contributed by atoms with van der Waals surface area (Å²) in [5.41, 5.74) is 2.35. The number of rotatable bonds is 13. The van der Waals surface area contributed by atoms with Gasteiger partial charge in [-0.05, 0) is 47.9 Å². The Labute approximate surface area is 238 Å². The van der Waals surface area contributed by atoms with Gasteiger partial charge in [0.15, 0.2) is 5.96 Å². The van der Waals surface area contributed by atoms with E-state index in [1.807, 2.05) is 48.5 Å². The second kappa shape index (κ2) is 14.2. The lowest BCUT2D eigenvalue weighted by atomic mass is 9.77. The molecule has 1 heterocycles. The van der Waals surface area contributed by atoms with Crippen LogP contribution in [-0.4, -0.2) is 42.0 Å². The molecule has 2 aromatic rings. The van der Waals surface area contributed by atoms with Crippen molar-refractivity contribution in [3.8, 4) is 5.75 Å². The molecule has 40 heavy (non-hydrogen) atoms. The number of unbranched alkanes of at least 4 members (excludes halogenated alkanes) is 1. The summed E-state index contributed by atoms with van der Waals surface area (Å²) in [5, 5.41) is 17.8. The Hall–Kier alpha value is -3.55. The van der Waals surface area contributed by atoms with Crippen LogP contribution in [-0.2, 0) is 24.3 Å². The van der Waals surface area contributed by atoms with Crippen LogP contribution in [0.15, 0.2) is 48.5 Å². The fourth-order valence-electron chi connectivity index (χ4n) is 6.04. The fraction of sp³-hybridized carbons (Fsp3) is 0.531. The Bertz CT molecular complexity index is 1150. The molecule has 2 aliphatic rings. The van der Waals surface area contributed by atoms with Crippen LogP contribution in [0, 0.1) is 11.3 Å². The molecular weight excluding hydrogens is 502 g/mol. The van der Waals surface area contributed by atoms with Gasteiger partial charge in [0, 0.05) is 13.1 Å². The van der Waals surface area contributed by atoms with Gasteiger partial charge in [-0.25, -0.2) is 4.79 Å². The molecule has 1 atom stereocenters. The topological polar surface area (TPSA) is 107 Å². The van der Waals surface area contributed by atoms with Crippen LogP contribution in [0.3, 0.4) is 0 Å². The van der Waals surface area contributed by atoms with Crippen LogP contribution in [0.25, 0.3) is 0 Å². The summed E-state index contributed by atoms with van der Waals surface area (Å²) < 4.78 is 5.36.